The summed E-state index contributed by atoms with van der Waals surface area (Å²) in [5, 5.41) is 1.27. The summed E-state index contributed by atoms with van der Waals surface area (Å²) in [6, 6.07) is 17.0. The third-order valence-electron chi connectivity index (χ3n) is 2.76. The fourth-order valence-electron chi connectivity index (χ4n) is 1.87. The number of rotatable bonds is 1. The van der Waals surface area contributed by atoms with E-state index >= 15 is 0 Å². The minimum Gasteiger partial charge on any atom is -0.197 e. The van der Waals surface area contributed by atoms with Crippen LogP contribution in [0.15, 0.2) is 48.5 Å². The van der Waals surface area contributed by atoms with Crippen LogP contribution in [0.3, 0.4) is 0 Å². The van der Waals surface area contributed by atoms with Crippen LogP contribution in [-0.2, 0) is 0 Å². The van der Waals surface area contributed by atoms with Gasteiger partial charge in [-0.2, -0.15) is 4.37 Å². The fraction of sp³-hybridized carbons (Fsp3) is 0.0714. The lowest BCUT2D eigenvalue weighted by molar-refractivity contribution is 1.37. The Hall–Kier alpha value is -1.67. The van der Waals surface area contributed by atoms with Gasteiger partial charge in [-0.25, -0.2) is 0 Å². The van der Waals surface area contributed by atoms with Crippen LogP contribution in [0.2, 0.25) is 0 Å². The average molecular weight is 225 g/mol. The second kappa shape index (κ2) is 3.72. The molecule has 0 fully saturated rings. The van der Waals surface area contributed by atoms with E-state index in [0.717, 1.165) is 5.69 Å². The molecule has 0 unspecified atom stereocenters. The largest absolute Gasteiger partial charge is 0.197 e. The third-order valence-corrected chi connectivity index (χ3v) is 3.68. The summed E-state index contributed by atoms with van der Waals surface area (Å²) in [6.45, 7) is 2.06. The van der Waals surface area contributed by atoms with Crippen molar-refractivity contribution in [2.75, 3.05) is 0 Å². The first kappa shape index (κ1) is 9.55. The van der Waals surface area contributed by atoms with Crippen molar-refractivity contribution >= 4 is 21.6 Å². The maximum Gasteiger partial charge on any atom is 0.0590 e. The van der Waals surface area contributed by atoms with Crippen LogP contribution in [0.4, 0.5) is 0 Å². The van der Waals surface area contributed by atoms with Crippen LogP contribution in [0.5, 0.6) is 0 Å². The molecule has 78 valence electrons. The van der Waals surface area contributed by atoms with Crippen molar-refractivity contribution in [2.45, 2.75) is 6.92 Å². The highest BCUT2D eigenvalue weighted by atomic mass is 32.1. The maximum absolute atomic E-state index is 4.37. The number of fused-ring (bicyclic) bond motifs is 1. The van der Waals surface area contributed by atoms with Gasteiger partial charge in [-0.05, 0) is 41.7 Å². The maximum atomic E-state index is 4.37. The number of hydrogen-bond acceptors (Lipinski definition) is 2. The average Bonchev–Trinajstić information content (AvgIpc) is 2.72. The van der Waals surface area contributed by atoms with Gasteiger partial charge in [0.1, 0.15) is 0 Å². The zero-order valence-electron chi connectivity index (χ0n) is 8.97. The highest BCUT2D eigenvalue weighted by Crippen LogP contribution is 2.28. The number of nitrogens with zero attached hydrogens (tertiary/aromatic N) is 1. The summed E-state index contributed by atoms with van der Waals surface area (Å²) in [5.41, 5.74) is 3.64. The van der Waals surface area contributed by atoms with Gasteiger partial charge < -0.3 is 0 Å². The van der Waals surface area contributed by atoms with Crippen molar-refractivity contribution in [2.24, 2.45) is 0 Å². The molecule has 0 aliphatic carbocycles. The highest BCUT2D eigenvalue weighted by Gasteiger charge is 2.03. The molecule has 2 heteroatoms. The van der Waals surface area contributed by atoms with E-state index in [0.29, 0.717) is 0 Å². The monoisotopic (exact) mass is 225 g/mol. The van der Waals surface area contributed by atoms with Gasteiger partial charge in [0.2, 0.25) is 0 Å². The van der Waals surface area contributed by atoms with E-state index in [-0.39, 0.29) is 0 Å². The molecule has 16 heavy (non-hydrogen) atoms. The van der Waals surface area contributed by atoms with Crippen LogP contribution < -0.4 is 0 Å². The molecule has 0 aliphatic rings. The number of aryl methyl sites for hydroxylation is 1. The van der Waals surface area contributed by atoms with Gasteiger partial charge in [0.15, 0.2) is 0 Å². The molecular formula is C14H11NS. The van der Waals surface area contributed by atoms with Crippen molar-refractivity contribution in [3.05, 3.63) is 54.2 Å². The Morgan fingerprint density at radius 2 is 1.75 bits per heavy atom. The molecular weight excluding hydrogens is 214 g/mol. The van der Waals surface area contributed by atoms with Gasteiger partial charge in [0, 0.05) is 5.39 Å². The van der Waals surface area contributed by atoms with Crippen LogP contribution in [0.25, 0.3) is 21.2 Å². The molecule has 0 saturated heterocycles. The minimum atomic E-state index is 1.12. The molecule has 0 radical (unpaired) electrons. The molecule has 2 aromatic carbocycles. The molecule has 0 N–H and O–H groups in total. The summed E-state index contributed by atoms with van der Waals surface area (Å²) >= 11 is 1.57. The Labute approximate surface area is 98.5 Å². The smallest absolute Gasteiger partial charge is 0.0590 e. The first-order valence-corrected chi connectivity index (χ1v) is 6.03. The van der Waals surface area contributed by atoms with Crippen molar-refractivity contribution in [1.29, 1.82) is 0 Å². The molecule has 1 heterocycles. The van der Waals surface area contributed by atoms with Gasteiger partial charge in [-0.3, -0.25) is 0 Å². The Morgan fingerprint density at radius 1 is 0.938 bits per heavy atom. The van der Waals surface area contributed by atoms with E-state index in [1.165, 1.54) is 21.2 Å². The summed E-state index contributed by atoms with van der Waals surface area (Å²) in [7, 11) is 0. The van der Waals surface area contributed by atoms with E-state index in [1.54, 1.807) is 11.5 Å². The lowest BCUT2D eigenvalue weighted by Gasteiger charge is -2.01. The molecule has 0 saturated carbocycles. The van der Waals surface area contributed by atoms with E-state index in [2.05, 4.69) is 53.8 Å². The first-order valence-electron chi connectivity index (χ1n) is 5.26. The Bertz CT molecular complexity index is 626. The molecule has 3 aromatic rings. The standard InChI is InChI=1S/C14H11NS/c1-10-13-9-12(7-8-14(13)16-15-10)11-5-3-2-4-6-11/h2-9H,1H3. The minimum absolute atomic E-state index is 1.12. The van der Waals surface area contributed by atoms with E-state index in [4.69, 9.17) is 0 Å². The van der Waals surface area contributed by atoms with Gasteiger partial charge in [-0.1, -0.05) is 36.4 Å². The van der Waals surface area contributed by atoms with Gasteiger partial charge in [-0.15, -0.1) is 0 Å². The lowest BCUT2D eigenvalue weighted by Crippen LogP contribution is -1.77. The van der Waals surface area contributed by atoms with E-state index < -0.39 is 0 Å². The normalized spacial score (nSPS) is 10.8. The van der Waals surface area contributed by atoms with E-state index in [9.17, 15) is 0 Å². The number of hydrogen-bond donors (Lipinski definition) is 0. The van der Waals surface area contributed by atoms with Crippen LogP contribution in [0, 0.1) is 6.92 Å². The van der Waals surface area contributed by atoms with Crippen molar-refractivity contribution in [3.8, 4) is 11.1 Å². The van der Waals surface area contributed by atoms with Gasteiger partial charge >= 0.3 is 0 Å². The molecule has 0 aliphatic heterocycles. The van der Waals surface area contributed by atoms with Crippen LogP contribution >= 0.6 is 11.5 Å². The van der Waals surface area contributed by atoms with Gasteiger partial charge in [0.05, 0.1) is 10.4 Å². The summed E-state index contributed by atoms with van der Waals surface area (Å²) in [4.78, 5) is 0. The summed E-state index contributed by atoms with van der Waals surface area (Å²) in [6.07, 6.45) is 0. The second-order valence-electron chi connectivity index (χ2n) is 3.84. The Morgan fingerprint density at radius 3 is 2.56 bits per heavy atom. The molecule has 0 bridgehead atoms. The zero-order valence-corrected chi connectivity index (χ0v) is 9.79. The molecule has 1 aromatic heterocycles. The molecule has 3 rings (SSSR count). The van der Waals surface area contributed by atoms with Crippen LogP contribution in [0.1, 0.15) is 5.69 Å². The van der Waals surface area contributed by atoms with Crippen molar-refractivity contribution in [3.63, 3.8) is 0 Å². The molecule has 0 atom stereocenters. The van der Waals surface area contributed by atoms with Crippen molar-refractivity contribution in [1.82, 2.24) is 4.37 Å². The second-order valence-corrected chi connectivity index (χ2v) is 4.65. The molecule has 0 amide bonds. The molecule has 0 spiro atoms. The zero-order chi connectivity index (χ0) is 11.0. The van der Waals surface area contributed by atoms with Crippen LogP contribution in [-0.4, -0.2) is 4.37 Å². The predicted molar refractivity (Wildman–Crippen MR) is 69.8 cm³/mol. The first-order chi connectivity index (χ1) is 7.84. The highest BCUT2D eigenvalue weighted by molar-refractivity contribution is 7.13. The summed E-state index contributed by atoms with van der Waals surface area (Å²) < 4.78 is 5.63. The Kier molecular flexibility index (Phi) is 2.22. The van der Waals surface area contributed by atoms with Gasteiger partial charge in [0.25, 0.3) is 0 Å². The third kappa shape index (κ3) is 1.51. The quantitative estimate of drug-likeness (QED) is 0.602. The fourth-order valence-corrected chi connectivity index (χ4v) is 2.64. The topological polar surface area (TPSA) is 12.9 Å². The lowest BCUT2D eigenvalue weighted by atomic mass is 10.0. The predicted octanol–water partition coefficient (Wildman–Crippen LogP) is 4.27. The van der Waals surface area contributed by atoms with E-state index in [1.807, 2.05) is 6.07 Å². The SMILES string of the molecule is Cc1nsc2ccc(-c3ccccc3)cc12. The summed E-state index contributed by atoms with van der Waals surface area (Å²) in [5.74, 6) is 0. The molecule has 1 nitrogen and oxygen atoms in total. The number of aromatic nitrogens is 1. The van der Waals surface area contributed by atoms with Crippen molar-refractivity contribution < 1.29 is 0 Å². The Balaban J connectivity index is 2.22. The number of benzene rings is 2.